The summed E-state index contributed by atoms with van der Waals surface area (Å²) in [6.45, 7) is 0. The fraction of sp³-hybridized carbons (Fsp3) is 0.333. The number of sulfonamides is 1. The van der Waals surface area contributed by atoms with Gasteiger partial charge in [0, 0.05) is 25.6 Å². The minimum Gasteiger partial charge on any atom is -0.480 e. The van der Waals surface area contributed by atoms with E-state index in [-0.39, 0.29) is 6.42 Å². The molecule has 1 unspecified atom stereocenters. The molecule has 0 saturated heterocycles. The van der Waals surface area contributed by atoms with E-state index in [0.29, 0.717) is 16.4 Å². The van der Waals surface area contributed by atoms with Gasteiger partial charge in [0.1, 0.15) is 10.9 Å². The Kier molecular flexibility index (Phi) is 8.33. The highest BCUT2D eigenvalue weighted by molar-refractivity contribution is 7.89. The Hall–Kier alpha value is -3.21. The summed E-state index contributed by atoms with van der Waals surface area (Å²) >= 11 is 0. The normalized spacial score (nSPS) is 13.1. The summed E-state index contributed by atoms with van der Waals surface area (Å²) in [4.78, 5) is 22.8. The van der Waals surface area contributed by atoms with Crippen molar-refractivity contribution in [2.24, 2.45) is 7.05 Å². The maximum Gasteiger partial charge on any atom is 0.490 e. The van der Waals surface area contributed by atoms with Gasteiger partial charge in [0.05, 0.1) is 0 Å². The number of carboxylic acid groups (broad SMARTS) is 2. The predicted octanol–water partition coefficient (Wildman–Crippen LogP) is 1.44. The average Bonchev–Trinajstić information content (AvgIpc) is 3.05. The van der Waals surface area contributed by atoms with E-state index in [1.54, 1.807) is 4.72 Å². The monoisotopic (exact) mass is 492 g/mol. The third kappa shape index (κ3) is 7.80. The van der Waals surface area contributed by atoms with Crippen LogP contribution in [0.15, 0.2) is 35.6 Å². The van der Waals surface area contributed by atoms with Crippen LogP contribution < -0.4 is 4.72 Å². The quantitative estimate of drug-likeness (QED) is 0.513. The molecule has 0 bridgehead atoms. The molecule has 17 heteroatoms. The Balaban J connectivity index is 0.000000633. The maximum absolute atomic E-state index is 12.9. The van der Waals surface area contributed by atoms with Crippen molar-refractivity contribution in [1.29, 1.82) is 0 Å². The van der Waals surface area contributed by atoms with Crippen molar-refractivity contribution in [3.63, 3.8) is 0 Å². The number of halogens is 6. The maximum atomic E-state index is 12.9. The first-order chi connectivity index (χ1) is 14.4. The summed E-state index contributed by atoms with van der Waals surface area (Å²) in [7, 11) is -3.64. The van der Waals surface area contributed by atoms with Gasteiger partial charge in [0.2, 0.25) is 10.0 Å². The number of nitrogens with zero attached hydrogens (tertiary/aromatic N) is 3. The topological polar surface area (TPSA) is 151 Å². The summed E-state index contributed by atoms with van der Waals surface area (Å²) in [6, 6.07) is 1.28. The Bertz CT molecular complexity index is 1050. The SMILES string of the molecule is Cn1cc(S(=O)(=O)NC(Cc2ccncc2)C(=O)O)c(C(F)(F)F)n1.O=C(O)C(F)(F)F. The lowest BCUT2D eigenvalue weighted by atomic mass is 10.1. The Morgan fingerprint density at radius 1 is 1.12 bits per heavy atom. The fourth-order valence-corrected chi connectivity index (χ4v) is 3.43. The first-order valence-corrected chi connectivity index (χ1v) is 9.48. The Morgan fingerprint density at radius 3 is 2.03 bits per heavy atom. The van der Waals surface area contributed by atoms with Crippen molar-refractivity contribution < 1.29 is 54.6 Å². The number of carbonyl (C=O) groups is 2. The van der Waals surface area contributed by atoms with Crippen LogP contribution in [0.3, 0.4) is 0 Å². The van der Waals surface area contributed by atoms with Crippen LogP contribution in [-0.4, -0.2) is 57.6 Å². The van der Waals surface area contributed by atoms with Crippen LogP contribution in [0.25, 0.3) is 0 Å². The van der Waals surface area contributed by atoms with Crippen molar-refractivity contribution in [3.05, 3.63) is 42.0 Å². The molecule has 0 radical (unpaired) electrons. The molecule has 0 saturated carbocycles. The molecule has 2 rings (SSSR count). The summed E-state index contributed by atoms with van der Waals surface area (Å²) in [5.74, 6) is -4.29. The molecule has 178 valence electrons. The first-order valence-electron chi connectivity index (χ1n) is 8.00. The van der Waals surface area contributed by atoms with Gasteiger partial charge in [-0.1, -0.05) is 0 Å². The fourth-order valence-electron chi connectivity index (χ4n) is 2.04. The molecule has 2 heterocycles. The number of hydrogen-bond donors (Lipinski definition) is 3. The van der Waals surface area contributed by atoms with Gasteiger partial charge in [-0.05, 0) is 24.1 Å². The average molecular weight is 492 g/mol. The van der Waals surface area contributed by atoms with Gasteiger partial charge >= 0.3 is 24.3 Å². The molecule has 0 amide bonds. The Morgan fingerprint density at radius 2 is 1.62 bits per heavy atom. The smallest absolute Gasteiger partial charge is 0.480 e. The van der Waals surface area contributed by atoms with Gasteiger partial charge in [0.15, 0.2) is 5.69 Å². The minimum absolute atomic E-state index is 0.265. The van der Waals surface area contributed by atoms with Crippen molar-refractivity contribution >= 4 is 22.0 Å². The van der Waals surface area contributed by atoms with Gasteiger partial charge in [-0.15, -0.1) is 0 Å². The van der Waals surface area contributed by atoms with Crippen LogP contribution >= 0.6 is 0 Å². The molecule has 2 aromatic rings. The molecule has 0 aliphatic carbocycles. The van der Waals surface area contributed by atoms with Crippen LogP contribution in [0.1, 0.15) is 11.3 Å². The number of aliphatic carboxylic acids is 2. The number of hydrogen-bond acceptors (Lipinski definition) is 6. The number of aromatic nitrogens is 3. The van der Waals surface area contributed by atoms with Crippen LogP contribution in [0.2, 0.25) is 0 Å². The molecule has 1 atom stereocenters. The molecular weight excluding hydrogens is 478 g/mol. The second kappa shape index (κ2) is 9.94. The van der Waals surface area contributed by atoms with Crippen molar-refractivity contribution in [2.45, 2.75) is 29.7 Å². The van der Waals surface area contributed by atoms with Crippen molar-refractivity contribution in [2.75, 3.05) is 0 Å². The van der Waals surface area contributed by atoms with E-state index in [1.165, 1.54) is 24.5 Å². The van der Waals surface area contributed by atoms with Crippen LogP contribution in [0.5, 0.6) is 0 Å². The number of carboxylic acids is 2. The molecule has 10 nitrogen and oxygen atoms in total. The zero-order valence-corrected chi connectivity index (χ0v) is 16.5. The Labute approximate surface area is 175 Å². The van der Waals surface area contributed by atoms with Crippen LogP contribution in [0.4, 0.5) is 26.3 Å². The summed E-state index contributed by atoms with van der Waals surface area (Å²) in [5, 5.41) is 19.4. The number of nitrogens with one attached hydrogen (secondary N) is 1. The standard InChI is InChI=1S/C13H13F3N4O4S.C2HF3O2/c1-20-7-10(11(18-20)13(14,15)16)25(23,24)19-9(12(21)22)6-8-2-4-17-5-3-8;3-2(4,5)1(6)7/h2-5,7,9,19H,6H2,1H3,(H,21,22);(H,6,7). The third-order valence-corrected chi connectivity index (χ3v) is 4.85. The molecule has 2 aromatic heterocycles. The highest BCUT2D eigenvalue weighted by Crippen LogP contribution is 2.32. The summed E-state index contributed by atoms with van der Waals surface area (Å²) < 4.78 is 97.6. The van der Waals surface area contributed by atoms with Gasteiger partial charge in [-0.2, -0.15) is 36.2 Å². The molecule has 0 aliphatic heterocycles. The number of aryl methyl sites for hydroxylation is 1. The number of alkyl halides is 6. The summed E-state index contributed by atoms with van der Waals surface area (Å²) in [5.41, 5.74) is -1.16. The van der Waals surface area contributed by atoms with E-state index in [1.807, 2.05) is 0 Å². The van der Waals surface area contributed by atoms with Gasteiger partial charge in [-0.3, -0.25) is 14.5 Å². The molecule has 0 fully saturated rings. The van der Waals surface area contributed by atoms with Gasteiger partial charge in [0.25, 0.3) is 0 Å². The molecule has 32 heavy (non-hydrogen) atoms. The highest BCUT2D eigenvalue weighted by Gasteiger charge is 2.42. The van der Waals surface area contributed by atoms with E-state index in [4.69, 9.17) is 9.90 Å². The molecule has 0 aliphatic rings. The van der Waals surface area contributed by atoms with E-state index < -0.39 is 50.9 Å². The molecule has 0 aromatic carbocycles. The van der Waals surface area contributed by atoms with Crippen LogP contribution in [-0.2, 0) is 39.3 Å². The second-order valence-electron chi connectivity index (χ2n) is 5.89. The lowest BCUT2D eigenvalue weighted by molar-refractivity contribution is -0.192. The zero-order valence-electron chi connectivity index (χ0n) is 15.7. The van der Waals surface area contributed by atoms with E-state index >= 15 is 0 Å². The van der Waals surface area contributed by atoms with E-state index in [0.717, 1.165) is 7.05 Å². The summed E-state index contributed by atoms with van der Waals surface area (Å²) in [6.07, 6.45) is -6.93. The lowest BCUT2D eigenvalue weighted by Gasteiger charge is -2.15. The third-order valence-electron chi connectivity index (χ3n) is 3.38. The number of pyridine rings is 1. The largest absolute Gasteiger partial charge is 0.490 e. The van der Waals surface area contributed by atoms with Crippen LogP contribution in [0, 0.1) is 0 Å². The second-order valence-corrected chi connectivity index (χ2v) is 7.57. The lowest BCUT2D eigenvalue weighted by Crippen LogP contribution is -2.42. The van der Waals surface area contributed by atoms with Crippen molar-refractivity contribution in [1.82, 2.24) is 19.5 Å². The predicted molar refractivity (Wildman–Crippen MR) is 91.6 cm³/mol. The van der Waals surface area contributed by atoms with E-state index in [2.05, 4.69) is 10.1 Å². The molecule has 0 spiro atoms. The minimum atomic E-state index is -5.08. The molecular formula is C15H14F6N4O6S. The van der Waals surface area contributed by atoms with Gasteiger partial charge in [-0.25, -0.2) is 13.2 Å². The highest BCUT2D eigenvalue weighted by atomic mass is 32.2. The first kappa shape index (κ1) is 26.8. The van der Waals surface area contributed by atoms with Gasteiger partial charge < -0.3 is 10.2 Å². The van der Waals surface area contributed by atoms with Crippen molar-refractivity contribution in [3.8, 4) is 0 Å². The van der Waals surface area contributed by atoms with E-state index in [9.17, 15) is 44.7 Å². The zero-order chi connectivity index (χ0) is 24.9. The number of rotatable bonds is 6. The molecule has 3 N–H and O–H groups in total.